The van der Waals surface area contributed by atoms with Gasteiger partial charge in [-0.1, -0.05) is 12.1 Å². The number of rotatable bonds is 3. The van der Waals surface area contributed by atoms with Crippen molar-refractivity contribution < 1.29 is 9.53 Å². The van der Waals surface area contributed by atoms with Crippen LogP contribution in [-0.4, -0.2) is 19.1 Å². The van der Waals surface area contributed by atoms with Crippen molar-refractivity contribution in [3.63, 3.8) is 0 Å². The molecule has 4 heteroatoms. The maximum atomic E-state index is 11.8. The van der Waals surface area contributed by atoms with E-state index in [1.807, 2.05) is 25.1 Å². The molecule has 1 amide bonds. The van der Waals surface area contributed by atoms with Gasteiger partial charge in [-0.25, -0.2) is 0 Å². The number of nitrogens with two attached hydrogens (primary N) is 1. The van der Waals surface area contributed by atoms with E-state index < -0.39 is 0 Å². The predicted octanol–water partition coefficient (Wildman–Crippen LogP) is 1.23. The van der Waals surface area contributed by atoms with E-state index in [1.165, 1.54) is 0 Å². The Labute approximate surface area is 101 Å². The Morgan fingerprint density at radius 3 is 3.12 bits per heavy atom. The summed E-state index contributed by atoms with van der Waals surface area (Å²) in [5.74, 6) is 0.0840. The van der Waals surface area contributed by atoms with E-state index in [0.29, 0.717) is 19.8 Å². The van der Waals surface area contributed by atoms with Crippen LogP contribution in [0.5, 0.6) is 0 Å². The maximum absolute atomic E-state index is 11.8. The van der Waals surface area contributed by atoms with Gasteiger partial charge in [0.1, 0.15) is 0 Å². The third-order valence-electron chi connectivity index (χ3n) is 3.24. The number of carbonyl (C=O) groups excluding carboxylic acids is 1. The van der Waals surface area contributed by atoms with Crippen LogP contribution in [0.3, 0.4) is 0 Å². The van der Waals surface area contributed by atoms with Crippen LogP contribution in [0.1, 0.15) is 17.5 Å². The Bertz CT molecular complexity index is 412. The summed E-state index contributed by atoms with van der Waals surface area (Å²) in [6.07, 6.45) is 0.821. The Morgan fingerprint density at radius 2 is 2.41 bits per heavy atom. The number of amides is 1. The Kier molecular flexibility index (Phi) is 3.64. The highest BCUT2D eigenvalue weighted by Gasteiger charge is 2.23. The number of anilines is 1. The van der Waals surface area contributed by atoms with Gasteiger partial charge in [0, 0.05) is 18.8 Å². The fourth-order valence-corrected chi connectivity index (χ4v) is 1.96. The number of hydrogen-bond donors (Lipinski definition) is 2. The van der Waals surface area contributed by atoms with E-state index in [0.717, 1.165) is 23.2 Å². The zero-order chi connectivity index (χ0) is 12.3. The van der Waals surface area contributed by atoms with Crippen LogP contribution >= 0.6 is 0 Å². The average Bonchev–Trinajstić information content (AvgIpc) is 2.84. The molecule has 1 unspecified atom stereocenters. The fourth-order valence-electron chi connectivity index (χ4n) is 1.96. The molecule has 1 heterocycles. The molecule has 1 aliphatic heterocycles. The minimum Gasteiger partial charge on any atom is -0.399 e. The lowest BCUT2D eigenvalue weighted by atomic mass is 10.1. The zero-order valence-electron chi connectivity index (χ0n) is 10.0. The third kappa shape index (κ3) is 2.77. The number of benzene rings is 1. The quantitative estimate of drug-likeness (QED) is 0.773. The number of carbonyl (C=O) groups is 1. The molecule has 1 aromatic rings. The normalized spacial score (nSPS) is 19.2. The molecular formula is C13H18N2O2. The number of hydrogen-bond acceptors (Lipinski definition) is 3. The molecule has 0 aromatic heterocycles. The van der Waals surface area contributed by atoms with Gasteiger partial charge in [0.05, 0.1) is 12.5 Å². The van der Waals surface area contributed by atoms with Gasteiger partial charge in [-0.2, -0.15) is 0 Å². The first-order valence-electron chi connectivity index (χ1n) is 5.88. The molecule has 0 aliphatic carbocycles. The highest BCUT2D eigenvalue weighted by atomic mass is 16.5. The minimum absolute atomic E-state index is 0.0105. The van der Waals surface area contributed by atoms with Gasteiger partial charge in [0.25, 0.3) is 0 Å². The molecule has 0 saturated carbocycles. The molecule has 1 aromatic carbocycles. The van der Waals surface area contributed by atoms with Crippen molar-refractivity contribution in [1.82, 2.24) is 5.32 Å². The van der Waals surface area contributed by atoms with Gasteiger partial charge in [-0.3, -0.25) is 4.79 Å². The van der Waals surface area contributed by atoms with Gasteiger partial charge in [-0.15, -0.1) is 0 Å². The second-order valence-electron chi connectivity index (χ2n) is 4.41. The summed E-state index contributed by atoms with van der Waals surface area (Å²) in [7, 11) is 0. The van der Waals surface area contributed by atoms with Crippen LogP contribution in [0.4, 0.5) is 5.69 Å². The van der Waals surface area contributed by atoms with Crippen molar-refractivity contribution in [3.05, 3.63) is 29.3 Å². The van der Waals surface area contributed by atoms with E-state index in [9.17, 15) is 4.79 Å². The van der Waals surface area contributed by atoms with Gasteiger partial charge in [0.2, 0.25) is 5.91 Å². The summed E-state index contributed by atoms with van der Waals surface area (Å²) < 4.78 is 5.19. The Morgan fingerprint density at radius 1 is 1.59 bits per heavy atom. The van der Waals surface area contributed by atoms with Crippen LogP contribution in [-0.2, 0) is 16.1 Å². The molecule has 3 N–H and O–H groups in total. The molecule has 4 nitrogen and oxygen atoms in total. The lowest BCUT2D eigenvalue weighted by Crippen LogP contribution is -2.30. The standard InChI is InChI=1S/C13H18N2O2/c1-9-10(3-2-4-12(9)14)7-15-13(16)11-5-6-17-8-11/h2-4,11H,5-8,14H2,1H3,(H,15,16). The topological polar surface area (TPSA) is 64.3 Å². The van der Waals surface area contributed by atoms with Crippen molar-refractivity contribution in [2.24, 2.45) is 5.92 Å². The first-order chi connectivity index (χ1) is 8.18. The lowest BCUT2D eigenvalue weighted by Gasteiger charge is -2.12. The summed E-state index contributed by atoms with van der Waals surface area (Å²) >= 11 is 0. The number of ether oxygens (including phenoxy) is 1. The molecule has 0 spiro atoms. The Hall–Kier alpha value is -1.55. The smallest absolute Gasteiger partial charge is 0.225 e. The molecule has 0 radical (unpaired) electrons. The lowest BCUT2D eigenvalue weighted by molar-refractivity contribution is -0.125. The highest BCUT2D eigenvalue weighted by molar-refractivity contribution is 5.79. The van der Waals surface area contributed by atoms with Crippen molar-refractivity contribution in [2.75, 3.05) is 18.9 Å². The summed E-state index contributed by atoms with van der Waals surface area (Å²) in [4.78, 5) is 11.8. The average molecular weight is 234 g/mol. The van der Waals surface area contributed by atoms with Crippen molar-refractivity contribution in [3.8, 4) is 0 Å². The van der Waals surface area contributed by atoms with E-state index in [1.54, 1.807) is 0 Å². The van der Waals surface area contributed by atoms with Crippen molar-refractivity contribution in [1.29, 1.82) is 0 Å². The summed E-state index contributed by atoms with van der Waals surface area (Å²) in [5, 5.41) is 2.93. The predicted molar refractivity (Wildman–Crippen MR) is 66.4 cm³/mol. The van der Waals surface area contributed by atoms with Crippen molar-refractivity contribution in [2.45, 2.75) is 19.9 Å². The minimum atomic E-state index is 0.0105. The molecule has 1 atom stereocenters. The van der Waals surface area contributed by atoms with E-state index >= 15 is 0 Å². The highest BCUT2D eigenvalue weighted by Crippen LogP contribution is 2.16. The van der Waals surface area contributed by atoms with Crippen molar-refractivity contribution >= 4 is 11.6 Å². The Balaban J connectivity index is 1.93. The van der Waals surface area contributed by atoms with E-state index in [2.05, 4.69) is 5.32 Å². The zero-order valence-corrected chi connectivity index (χ0v) is 10.0. The molecule has 0 bridgehead atoms. The van der Waals surface area contributed by atoms with Crippen LogP contribution in [0.2, 0.25) is 0 Å². The van der Waals surface area contributed by atoms with E-state index in [-0.39, 0.29) is 11.8 Å². The second-order valence-corrected chi connectivity index (χ2v) is 4.41. The molecular weight excluding hydrogens is 216 g/mol. The van der Waals surface area contributed by atoms with Gasteiger partial charge in [0.15, 0.2) is 0 Å². The monoisotopic (exact) mass is 234 g/mol. The maximum Gasteiger partial charge on any atom is 0.225 e. The molecule has 92 valence electrons. The van der Waals surface area contributed by atoms with Crippen LogP contribution in [0, 0.1) is 12.8 Å². The molecule has 17 heavy (non-hydrogen) atoms. The SMILES string of the molecule is Cc1c(N)cccc1CNC(=O)C1CCOC1. The first-order valence-corrected chi connectivity index (χ1v) is 5.88. The van der Waals surface area contributed by atoms with Crippen LogP contribution in [0.15, 0.2) is 18.2 Å². The molecule has 1 aliphatic rings. The number of nitrogen functional groups attached to an aromatic ring is 1. The van der Waals surface area contributed by atoms with Gasteiger partial charge >= 0.3 is 0 Å². The molecule has 2 rings (SSSR count). The van der Waals surface area contributed by atoms with Crippen LogP contribution < -0.4 is 11.1 Å². The number of nitrogens with one attached hydrogen (secondary N) is 1. The molecule has 1 saturated heterocycles. The van der Waals surface area contributed by atoms with Crippen LogP contribution in [0.25, 0.3) is 0 Å². The molecule has 1 fully saturated rings. The fraction of sp³-hybridized carbons (Fsp3) is 0.462. The first kappa shape index (κ1) is 11.9. The largest absolute Gasteiger partial charge is 0.399 e. The summed E-state index contributed by atoms with van der Waals surface area (Å²) in [6.45, 7) is 3.73. The third-order valence-corrected chi connectivity index (χ3v) is 3.24. The van der Waals surface area contributed by atoms with E-state index in [4.69, 9.17) is 10.5 Å². The summed E-state index contributed by atoms with van der Waals surface area (Å²) in [6, 6.07) is 5.76. The van der Waals surface area contributed by atoms with Gasteiger partial charge in [-0.05, 0) is 30.5 Å². The van der Waals surface area contributed by atoms with Gasteiger partial charge < -0.3 is 15.8 Å². The summed E-state index contributed by atoms with van der Waals surface area (Å²) in [5.41, 5.74) is 8.69. The second kappa shape index (κ2) is 5.19.